The Kier molecular flexibility index (Phi) is 8.24. The number of carbonyl (C=O) groups is 1. The first-order valence-electron chi connectivity index (χ1n) is 12.9. The molecule has 2 heterocycles. The van der Waals surface area contributed by atoms with Gasteiger partial charge in [0.15, 0.2) is 6.10 Å². The number of benzene rings is 2. The number of fused-ring (bicyclic) bond motifs is 1. The van der Waals surface area contributed by atoms with Gasteiger partial charge in [-0.2, -0.15) is 4.98 Å². The van der Waals surface area contributed by atoms with Gasteiger partial charge >= 0.3 is 5.97 Å². The van der Waals surface area contributed by atoms with Crippen molar-refractivity contribution in [2.45, 2.75) is 57.8 Å². The van der Waals surface area contributed by atoms with Crippen LogP contribution in [-0.2, 0) is 22.6 Å². The number of alkyl halides is 2. The van der Waals surface area contributed by atoms with E-state index in [1.54, 1.807) is 12.1 Å². The summed E-state index contributed by atoms with van der Waals surface area (Å²) in [4.78, 5) is 19.1. The Bertz CT molecular complexity index is 1270. The van der Waals surface area contributed by atoms with Crippen molar-refractivity contribution >= 4 is 17.6 Å². The van der Waals surface area contributed by atoms with Crippen molar-refractivity contribution in [3.63, 3.8) is 0 Å². The van der Waals surface area contributed by atoms with E-state index in [-0.39, 0.29) is 28.6 Å². The van der Waals surface area contributed by atoms with Crippen LogP contribution in [0.15, 0.2) is 40.9 Å². The molecule has 1 fully saturated rings. The van der Waals surface area contributed by atoms with Crippen molar-refractivity contribution in [1.29, 1.82) is 0 Å². The van der Waals surface area contributed by atoms with E-state index in [1.807, 2.05) is 13.0 Å². The minimum atomic E-state index is -1.19. The molecule has 2 aromatic carbocycles. The third kappa shape index (κ3) is 5.68. The zero-order valence-electron chi connectivity index (χ0n) is 21.2. The molecule has 5 rings (SSSR count). The van der Waals surface area contributed by atoms with Crippen molar-refractivity contribution in [3.05, 3.63) is 52.5 Å². The molecule has 0 spiro atoms. The van der Waals surface area contributed by atoms with Gasteiger partial charge in [0, 0.05) is 30.3 Å². The van der Waals surface area contributed by atoms with Crippen LogP contribution in [0.5, 0.6) is 5.75 Å². The van der Waals surface area contributed by atoms with Crippen LogP contribution in [0.1, 0.15) is 43.7 Å². The number of rotatable bonds is 9. The summed E-state index contributed by atoms with van der Waals surface area (Å²) >= 11 is 6.25. The van der Waals surface area contributed by atoms with Crippen LogP contribution in [0.25, 0.3) is 22.8 Å². The Hall–Kier alpha value is -3.04. The summed E-state index contributed by atoms with van der Waals surface area (Å²) in [5.74, 6) is 0.890. The van der Waals surface area contributed by atoms with Crippen molar-refractivity contribution in [2.75, 3.05) is 20.0 Å². The highest BCUT2D eigenvalue weighted by Gasteiger charge is 2.33. The van der Waals surface area contributed by atoms with E-state index in [0.717, 1.165) is 44.3 Å². The predicted octanol–water partition coefficient (Wildman–Crippen LogP) is 6.18. The highest BCUT2D eigenvalue weighted by atomic mass is 35.5. The first kappa shape index (κ1) is 26.6. The van der Waals surface area contributed by atoms with Gasteiger partial charge in [0.2, 0.25) is 5.82 Å². The van der Waals surface area contributed by atoms with E-state index in [2.05, 4.69) is 27.2 Å². The van der Waals surface area contributed by atoms with Crippen LogP contribution in [-0.4, -0.2) is 53.1 Å². The fourth-order valence-corrected chi connectivity index (χ4v) is 5.45. The van der Waals surface area contributed by atoms with E-state index in [0.29, 0.717) is 24.0 Å². The molecule has 2 aliphatic rings. The summed E-state index contributed by atoms with van der Waals surface area (Å²) in [5, 5.41) is 4.34. The molecular formula is C28H30ClF2N3O4. The van der Waals surface area contributed by atoms with E-state index >= 15 is 0 Å². The Morgan fingerprint density at radius 2 is 1.82 bits per heavy atom. The third-order valence-electron chi connectivity index (χ3n) is 7.29. The molecule has 0 radical (unpaired) electrons. The lowest BCUT2D eigenvalue weighted by Gasteiger charge is -2.33. The molecule has 0 saturated heterocycles. The van der Waals surface area contributed by atoms with Gasteiger partial charge in [0.1, 0.15) is 19.1 Å². The molecule has 7 nitrogen and oxygen atoms in total. The highest BCUT2D eigenvalue weighted by molar-refractivity contribution is 6.32. The highest BCUT2D eigenvalue weighted by Crippen LogP contribution is 2.36. The van der Waals surface area contributed by atoms with Crippen LogP contribution in [0.2, 0.25) is 5.02 Å². The molecule has 0 unspecified atom stereocenters. The Morgan fingerprint density at radius 1 is 1.08 bits per heavy atom. The maximum absolute atomic E-state index is 12.8. The molecule has 0 atom stereocenters. The van der Waals surface area contributed by atoms with Crippen LogP contribution in [0, 0.1) is 5.92 Å². The number of esters is 1. The fourth-order valence-electron chi connectivity index (χ4n) is 5.23. The summed E-state index contributed by atoms with van der Waals surface area (Å²) in [7, 11) is 0. The fraction of sp³-hybridized carbons (Fsp3) is 0.464. The van der Waals surface area contributed by atoms with Gasteiger partial charge in [0.05, 0.1) is 17.5 Å². The second-order valence-electron chi connectivity index (χ2n) is 9.76. The lowest BCUT2D eigenvalue weighted by molar-refractivity contribution is -0.149. The van der Waals surface area contributed by atoms with Crippen LogP contribution >= 0.6 is 11.6 Å². The van der Waals surface area contributed by atoms with Crippen LogP contribution in [0.4, 0.5) is 8.78 Å². The van der Waals surface area contributed by atoms with Gasteiger partial charge in [0.25, 0.3) is 5.89 Å². The molecule has 0 bridgehead atoms. The molecule has 1 aliphatic carbocycles. The summed E-state index contributed by atoms with van der Waals surface area (Å²) in [6.07, 6.45) is 2.54. The lowest BCUT2D eigenvalue weighted by atomic mass is 9.85. The first-order valence-corrected chi connectivity index (χ1v) is 13.3. The lowest BCUT2D eigenvalue weighted by Crippen LogP contribution is -2.36. The summed E-state index contributed by atoms with van der Waals surface area (Å²) in [5.41, 5.74) is 3.95. The van der Waals surface area contributed by atoms with Gasteiger partial charge in [-0.3, -0.25) is 9.69 Å². The van der Waals surface area contributed by atoms with Crippen molar-refractivity contribution in [3.8, 4) is 28.6 Å². The minimum Gasteiger partial charge on any atom is -0.483 e. The zero-order valence-corrected chi connectivity index (χ0v) is 21.9. The number of hydrogen-bond acceptors (Lipinski definition) is 7. The first-order chi connectivity index (χ1) is 18.5. The molecule has 202 valence electrons. The Labute approximate surface area is 225 Å². The molecule has 0 N–H and O–H groups in total. The summed E-state index contributed by atoms with van der Waals surface area (Å²) in [6, 6.07) is 11.4. The van der Waals surface area contributed by atoms with E-state index in [4.69, 9.17) is 25.6 Å². The second-order valence-corrected chi connectivity index (χ2v) is 10.2. The monoisotopic (exact) mass is 545 g/mol. The summed E-state index contributed by atoms with van der Waals surface area (Å²) in [6.45, 7) is 2.12. The average molecular weight is 546 g/mol. The second kappa shape index (κ2) is 11.8. The largest absolute Gasteiger partial charge is 0.483 e. The summed E-state index contributed by atoms with van der Waals surface area (Å²) < 4.78 is 41.5. The van der Waals surface area contributed by atoms with E-state index in [1.165, 1.54) is 17.2 Å². The third-order valence-corrected chi connectivity index (χ3v) is 7.58. The maximum atomic E-state index is 12.8. The van der Waals surface area contributed by atoms with Crippen LogP contribution < -0.4 is 4.74 Å². The van der Waals surface area contributed by atoms with Crippen molar-refractivity contribution in [1.82, 2.24) is 15.0 Å². The van der Waals surface area contributed by atoms with E-state index < -0.39 is 19.5 Å². The Balaban J connectivity index is 1.23. The SMILES string of the molecule is CCOC(=O)C1CCC(N2Cc3ccc(-c4noc(-c5ccc(OC(CF)CF)c(Cl)c5)n4)cc3C2)CC1. The molecule has 3 aromatic rings. The number of ether oxygens (including phenoxy) is 2. The van der Waals surface area contributed by atoms with Gasteiger partial charge in [-0.25, -0.2) is 8.78 Å². The topological polar surface area (TPSA) is 77.7 Å². The van der Waals surface area contributed by atoms with E-state index in [9.17, 15) is 13.6 Å². The predicted molar refractivity (Wildman–Crippen MR) is 138 cm³/mol. The number of carbonyl (C=O) groups excluding carboxylic acids is 1. The number of nitrogens with zero attached hydrogens (tertiary/aromatic N) is 3. The molecular weight excluding hydrogens is 516 g/mol. The standard InChI is InChI=1S/C28H30ClF2N3O4/c1-2-36-28(35)17-5-8-22(9-6-17)34-15-20-4-3-18(11-21(20)16-34)26-32-27(38-33-26)19-7-10-25(24(29)12-19)37-23(13-30)14-31/h3-4,7,10-12,17,22-23H,2,5-6,8-9,13-16H2,1H3. The van der Waals surface area contributed by atoms with Crippen LogP contribution in [0.3, 0.4) is 0 Å². The van der Waals surface area contributed by atoms with Crippen molar-refractivity contribution < 1.29 is 27.6 Å². The van der Waals surface area contributed by atoms with Crippen molar-refractivity contribution in [2.24, 2.45) is 5.92 Å². The van der Waals surface area contributed by atoms with Gasteiger partial charge in [-0.1, -0.05) is 28.9 Å². The molecule has 10 heteroatoms. The zero-order chi connectivity index (χ0) is 26.6. The van der Waals surface area contributed by atoms with Gasteiger partial charge in [-0.15, -0.1) is 0 Å². The number of hydrogen-bond donors (Lipinski definition) is 0. The smallest absolute Gasteiger partial charge is 0.308 e. The Morgan fingerprint density at radius 3 is 2.53 bits per heavy atom. The quantitative estimate of drug-likeness (QED) is 0.297. The number of halogens is 3. The molecule has 1 saturated carbocycles. The molecule has 1 aromatic heterocycles. The number of aromatic nitrogens is 2. The van der Waals surface area contributed by atoms with Gasteiger partial charge < -0.3 is 14.0 Å². The normalized spacial score (nSPS) is 19.5. The average Bonchev–Trinajstić information content (AvgIpc) is 3.60. The van der Waals surface area contributed by atoms with Gasteiger partial charge in [-0.05, 0) is 68.0 Å². The molecule has 1 aliphatic heterocycles. The molecule has 0 amide bonds. The minimum absolute atomic E-state index is 0.0241. The maximum Gasteiger partial charge on any atom is 0.308 e. The molecule has 38 heavy (non-hydrogen) atoms.